The van der Waals surface area contributed by atoms with Gasteiger partial charge in [0, 0.05) is 0 Å². The first-order chi connectivity index (χ1) is 10.5. The van der Waals surface area contributed by atoms with Crippen LogP contribution in [0.25, 0.3) is 0 Å². The lowest BCUT2D eigenvalue weighted by Gasteiger charge is -2.35. The van der Waals surface area contributed by atoms with Gasteiger partial charge in [0.15, 0.2) is 12.2 Å². The van der Waals surface area contributed by atoms with E-state index in [9.17, 15) is 24.3 Å². The smallest absolute Gasteiger partial charge is 0.344 e. The van der Waals surface area contributed by atoms with Gasteiger partial charge in [0.05, 0.1) is 13.0 Å². The van der Waals surface area contributed by atoms with E-state index in [-0.39, 0.29) is 6.61 Å². The first-order valence-electron chi connectivity index (χ1n) is 6.99. The summed E-state index contributed by atoms with van der Waals surface area (Å²) in [6, 6.07) is 0. The van der Waals surface area contributed by atoms with Crippen molar-refractivity contribution in [2.75, 3.05) is 13.2 Å². The number of carbonyl (C=O) groups excluding carboxylic acids is 2. The van der Waals surface area contributed by atoms with Crippen LogP contribution in [0, 0.1) is 5.41 Å². The fourth-order valence-electron chi connectivity index (χ4n) is 1.63. The molecule has 0 aliphatic rings. The van der Waals surface area contributed by atoms with Gasteiger partial charge in [-0.05, 0) is 20.3 Å². The number of aliphatic carboxylic acids is 2. The maximum absolute atomic E-state index is 12.0. The quantitative estimate of drug-likeness (QED) is 0.376. The molecule has 3 N–H and O–H groups in total. The van der Waals surface area contributed by atoms with E-state index in [1.165, 1.54) is 0 Å². The fraction of sp³-hybridized carbons (Fsp3) is 0.714. The summed E-state index contributed by atoms with van der Waals surface area (Å²) in [5.41, 5.74) is -4.98. The van der Waals surface area contributed by atoms with Gasteiger partial charge in [-0.3, -0.25) is 9.59 Å². The van der Waals surface area contributed by atoms with Crippen molar-refractivity contribution in [2.45, 2.75) is 45.6 Å². The lowest BCUT2D eigenvalue weighted by molar-refractivity contribution is -0.193. The number of carboxylic acid groups (broad SMARTS) is 2. The van der Waals surface area contributed by atoms with Crippen LogP contribution in [0.5, 0.6) is 0 Å². The summed E-state index contributed by atoms with van der Waals surface area (Å²) in [4.78, 5) is 45.3. The van der Waals surface area contributed by atoms with E-state index in [2.05, 4.69) is 4.74 Å². The molecule has 0 aromatic carbocycles. The third-order valence-corrected chi connectivity index (χ3v) is 3.39. The summed E-state index contributed by atoms with van der Waals surface area (Å²) >= 11 is 0. The molecule has 1 unspecified atom stereocenters. The zero-order valence-corrected chi connectivity index (χ0v) is 13.3. The number of carbonyl (C=O) groups is 4. The second kappa shape index (κ2) is 8.47. The average Bonchev–Trinajstić information content (AvgIpc) is 2.43. The molecule has 23 heavy (non-hydrogen) atoms. The number of hydrogen-bond acceptors (Lipinski definition) is 7. The Balaban J connectivity index is 4.90. The van der Waals surface area contributed by atoms with Gasteiger partial charge >= 0.3 is 23.9 Å². The molecule has 0 radical (unpaired) electrons. The van der Waals surface area contributed by atoms with E-state index < -0.39 is 47.9 Å². The van der Waals surface area contributed by atoms with Gasteiger partial charge in [0.1, 0.15) is 5.41 Å². The monoisotopic (exact) mass is 334 g/mol. The largest absolute Gasteiger partial charge is 0.481 e. The van der Waals surface area contributed by atoms with Crippen LogP contribution < -0.4 is 0 Å². The van der Waals surface area contributed by atoms with E-state index in [4.69, 9.17) is 14.9 Å². The van der Waals surface area contributed by atoms with Gasteiger partial charge in [0.2, 0.25) is 0 Å². The molecule has 132 valence electrons. The number of aliphatic hydroxyl groups is 1. The van der Waals surface area contributed by atoms with Crippen LogP contribution in [0.2, 0.25) is 0 Å². The molecule has 0 spiro atoms. The van der Waals surface area contributed by atoms with Gasteiger partial charge in [-0.15, -0.1) is 0 Å². The minimum absolute atomic E-state index is 0.161. The van der Waals surface area contributed by atoms with E-state index in [0.717, 1.165) is 20.3 Å². The standard InChI is InChI=1S/C14H22O9/c1-4-5-6-22-10(17)8-23-12(20)13(2,3)14(21,11(18)19)7-9(15)16/h21H,4-8H2,1-3H3,(H,15,16)(H,18,19). The number of hydrogen-bond donors (Lipinski definition) is 3. The SMILES string of the molecule is CCCCOC(=O)COC(=O)C(C)(C)C(O)(CC(=O)O)C(=O)O. The molecular weight excluding hydrogens is 312 g/mol. The molecule has 0 saturated heterocycles. The van der Waals surface area contributed by atoms with Crippen LogP contribution in [0.15, 0.2) is 0 Å². The predicted molar refractivity (Wildman–Crippen MR) is 75.4 cm³/mol. The van der Waals surface area contributed by atoms with E-state index in [0.29, 0.717) is 6.42 Å². The zero-order valence-electron chi connectivity index (χ0n) is 13.3. The molecule has 9 heteroatoms. The Kier molecular flexibility index (Phi) is 7.67. The van der Waals surface area contributed by atoms with Crippen LogP contribution in [-0.2, 0) is 28.7 Å². The van der Waals surface area contributed by atoms with Crippen molar-refractivity contribution in [2.24, 2.45) is 5.41 Å². The number of carboxylic acids is 2. The molecule has 0 aromatic rings. The second-order valence-electron chi connectivity index (χ2n) is 5.51. The molecular formula is C14H22O9. The van der Waals surface area contributed by atoms with Crippen LogP contribution in [0.4, 0.5) is 0 Å². The molecule has 0 aromatic heterocycles. The summed E-state index contributed by atoms with van der Waals surface area (Å²) in [5, 5.41) is 27.9. The highest BCUT2D eigenvalue weighted by Crippen LogP contribution is 2.35. The Hall–Kier alpha value is -2.16. The van der Waals surface area contributed by atoms with Crippen molar-refractivity contribution in [1.29, 1.82) is 0 Å². The normalized spacial score (nSPS) is 13.7. The average molecular weight is 334 g/mol. The minimum atomic E-state index is -2.89. The van der Waals surface area contributed by atoms with Gasteiger partial charge in [0.25, 0.3) is 0 Å². The molecule has 9 nitrogen and oxygen atoms in total. The lowest BCUT2D eigenvalue weighted by Crippen LogP contribution is -2.57. The van der Waals surface area contributed by atoms with Crippen LogP contribution in [0.1, 0.15) is 40.0 Å². The van der Waals surface area contributed by atoms with Crippen molar-refractivity contribution in [3.63, 3.8) is 0 Å². The Bertz CT molecular complexity index is 469. The molecule has 0 saturated carbocycles. The third kappa shape index (κ3) is 5.51. The molecule has 1 atom stereocenters. The Morgan fingerprint density at radius 1 is 1.04 bits per heavy atom. The zero-order chi connectivity index (χ0) is 18.3. The van der Waals surface area contributed by atoms with E-state index in [1.54, 1.807) is 0 Å². The van der Waals surface area contributed by atoms with Crippen molar-refractivity contribution >= 4 is 23.9 Å². The van der Waals surface area contributed by atoms with Crippen molar-refractivity contribution < 1.29 is 44.0 Å². The minimum Gasteiger partial charge on any atom is -0.481 e. The highest BCUT2D eigenvalue weighted by atomic mass is 16.6. The maximum Gasteiger partial charge on any atom is 0.344 e. The van der Waals surface area contributed by atoms with E-state index >= 15 is 0 Å². The maximum atomic E-state index is 12.0. The Morgan fingerprint density at radius 3 is 2.04 bits per heavy atom. The molecule has 0 bridgehead atoms. The topological polar surface area (TPSA) is 147 Å². The summed E-state index contributed by atoms with van der Waals surface area (Å²) in [7, 11) is 0. The Labute approximate surface area is 133 Å². The summed E-state index contributed by atoms with van der Waals surface area (Å²) < 4.78 is 9.40. The van der Waals surface area contributed by atoms with Crippen LogP contribution >= 0.6 is 0 Å². The van der Waals surface area contributed by atoms with Crippen molar-refractivity contribution in [3.8, 4) is 0 Å². The molecule has 0 aliphatic carbocycles. The van der Waals surface area contributed by atoms with Gasteiger partial charge in [-0.2, -0.15) is 0 Å². The number of ether oxygens (including phenoxy) is 2. The highest BCUT2D eigenvalue weighted by Gasteiger charge is 2.57. The number of rotatable bonds is 10. The molecule has 0 rings (SSSR count). The van der Waals surface area contributed by atoms with Crippen LogP contribution in [0.3, 0.4) is 0 Å². The molecule has 0 heterocycles. The van der Waals surface area contributed by atoms with Gasteiger partial charge < -0.3 is 24.8 Å². The highest BCUT2D eigenvalue weighted by molar-refractivity contribution is 5.92. The first kappa shape index (κ1) is 20.8. The van der Waals surface area contributed by atoms with E-state index in [1.807, 2.05) is 6.92 Å². The number of unbranched alkanes of at least 4 members (excludes halogenated alkanes) is 1. The lowest BCUT2D eigenvalue weighted by atomic mass is 9.72. The predicted octanol–water partition coefficient (Wildman–Crippen LogP) is 0.190. The number of esters is 2. The summed E-state index contributed by atoms with van der Waals surface area (Å²) in [6.07, 6.45) is 0.245. The first-order valence-corrected chi connectivity index (χ1v) is 6.99. The van der Waals surface area contributed by atoms with Crippen LogP contribution in [-0.4, -0.2) is 58.0 Å². The summed E-state index contributed by atoms with van der Waals surface area (Å²) in [5.74, 6) is -5.53. The summed E-state index contributed by atoms with van der Waals surface area (Å²) in [6.45, 7) is 3.35. The fourth-order valence-corrected chi connectivity index (χ4v) is 1.63. The second-order valence-corrected chi connectivity index (χ2v) is 5.51. The van der Waals surface area contributed by atoms with Crippen molar-refractivity contribution in [3.05, 3.63) is 0 Å². The van der Waals surface area contributed by atoms with Gasteiger partial charge in [-0.1, -0.05) is 13.3 Å². The molecule has 0 amide bonds. The third-order valence-electron chi connectivity index (χ3n) is 3.39. The Morgan fingerprint density at radius 2 is 1.61 bits per heavy atom. The van der Waals surface area contributed by atoms with Crippen molar-refractivity contribution in [1.82, 2.24) is 0 Å². The molecule has 0 aliphatic heterocycles. The molecule has 0 fully saturated rings. The van der Waals surface area contributed by atoms with Gasteiger partial charge in [-0.25, -0.2) is 9.59 Å².